The number of piperidine rings is 1. The van der Waals surface area contributed by atoms with Crippen molar-refractivity contribution in [2.75, 3.05) is 18.0 Å². The first-order valence-electron chi connectivity index (χ1n) is 5.93. The third-order valence-corrected chi connectivity index (χ3v) is 3.58. The Morgan fingerprint density at radius 3 is 2.53 bits per heavy atom. The van der Waals surface area contributed by atoms with Crippen molar-refractivity contribution in [1.29, 1.82) is 5.26 Å². The van der Waals surface area contributed by atoms with E-state index in [4.69, 9.17) is 5.26 Å². The van der Waals surface area contributed by atoms with Crippen LogP contribution in [0.5, 0.6) is 0 Å². The van der Waals surface area contributed by atoms with E-state index in [9.17, 15) is 4.39 Å². The summed E-state index contributed by atoms with van der Waals surface area (Å²) >= 11 is 0. The van der Waals surface area contributed by atoms with Crippen molar-refractivity contribution in [2.24, 2.45) is 11.3 Å². The minimum absolute atomic E-state index is 0.0125. The molecule has 0 amide bonds. The molecule has 3 heteroatoms. The second kappa shape index (κ2) is 4.37. The van der Waals surface area contributed by atoms with Gasteiger partial charge < -0.3 is 4.90 Å². The highest BCUT2D eigenvalue weighted by atomic mass is 19.1. The maximum atomic E-state index is 12.9. The molecule has 1 saturated heterocycles. The Kier molecular flexibility index (Phi) is 3.06. The van der Waals surface area contributed by atoms with E-state index in [-0.39, 0.29) is 17.2 Å². The molecule has 17 heavy (non-hydrogen) atoms. The van der Waals surface area contributed by atoms with E-state index in [1.54, 1.807) is 12.1 Å². The topological polar surface area (TPSA) is 27.0 Å². The molecule has 0 aromatic heterocycles. The Hall–Kier alpha value is -1.56. The lowest BCUT2D eigenvalue weighted by atomic mass is 9.74. The molecule has 90 valence electrons. The zero-order valence-corrected chi connectivity index (χ0v) is 10.3. The van der Waals surface area contributed by atoms with Crippen LogP contribution >= 0.6 is 0 Å². The number of halogens is 1. The van der Waals surface area contributed by atoms with Crippen LogP contribution in [0, 0.1) is 28.5 Å². The normalized spacial score (nSPS) is 23.2. The van der Waals surface area contributed by atoms with Crippen LogP contribution in [0.15, 0.2) is 24.3 Å². The highest BCUT2D eigenvalue weighted by Crippen LogP contribution is 2.36. The monoisotopic (exact) mass is 232 g/mol. The summed E-state index contributed by atoms with van der Waals surface area (Å²) in [5.74, 6) is -0.0980. The van der Waals surface area contributed by atoms with Gasteiger partial charge in [-0.1, -0.05) is 13.8 Å². The van der Waals surface area contributed by atoms with Crippen molar-refractivity contribution in [1.82, 2.24) is 0 Å². The van der Waals surface area contributed by atoms with Gasteiger partial charge in [-0.2, -0.15) is 5.26 Å². The number of benzene rings is 1. The average molecular weight is 232 g/mol. The van der Waals surface area contributed by atoms with Crippen LogP contribution in [0.2, 0.25) is 0 Å². The molecule has 0 aliphatic carbocycles. The van der Waals surface area contributed by atoms with E-state index in [2.05, 4.69) is 24.8 Å². The summed E-state index contributed by atoms with van der Waals surface area (Å²) < 4.78 is 12.9. The average Bonchev–Trinajstić information content (AvgIpc) is 2.28. The Balaban J connectivity index is 2.16. The van der Waals surface area contributed by atoms with E-state index < -0.39 is 0 Å². The molecule has 1 aliphatic rings. The fourth-order valence-corrected chi connectivity index (χ4v) is 2.47. The lowest BCUT2D eigenvalue weighted by Crippen LogP contribution is -2.45. The summed E-state index contributed by atoms with van der Waals surface area (Å²) in [5, 5.41) is 9.10. The number of hydrogen-bond donors (Lipinski definition) is 0. The van der Waals surface area contributed by atoms with Crippen LogP contribution in [0.25, 0.3) is 0 Å². The zero-order valence-electron chi connectivity index (χ0n) is 10.3. The van der Waals surface area contributed by atoms with Crippen molar-refractivity contribution < 1.29 is 4.39 Å². The molecule has 0 spiro atoms. The molecule has 1 aromatic carbocycles. The minimum atomic E-state index is -0.208. The Bertz CT molecular complexity index is 431. The van der Waals surface area contributed by atoms with Gasteiger partial charge in [0.2, 0.25) is 0 Å². The molecule has 1 unspecified atom stereocenters. The first kappa shape index (κ1) is 11.9. The quantitative estimate of drug-likeness (QED) is 0.743. The summed E-state index contributed by atoms with van der Waals surface area (Å²) in [6, 6.07) is 8.97. The fraction of sp³-hybridized carbons (Fsp3) is 0.500. The zero-order chi connectivity index (χ0) is 12.5. The largest absolute Gasteiger partial charge is 0.371 e. The Labute approximate surface area is 102 Å². The van der Waals surface area contributed by atoms with Crippen LogP contribution in [0.1, 0.15) is 20.3 Å². The van der Waals surface area contributed by atoms with Crippen LogP contribution in [-0.2, 0) is 0 Å². The van der Waals surface area contributed by atoms with Gasteiger partial charge in [0.15, 0.2) is 0 Å². The van der Waals surface area contributed by atoms with Crippen molar-refractivity contribution in [3.8, 4) is 6.07 Å². The maximum Gasteiger partial charge on any atom is 0.123 e. The van der Waals surface area contributed by atoms with Gasteiger partial charge in [-0.05, 0) is 36.1 Å². The van der Waals surface area contributed by atoms with E-state index in [1.165, 1.54) is 12.1 Å². The highest BCUT2D eigenvalue weighted by molar-refractivity contribution is 5.47. The lowest BCUT2D eigenvalue weighted by Gasteiger charge is -2.42. The molecular weight excluding hydrogens is 215 g/mol. The summed E-state index contributed by atoms with van der Waals surface area (Å²) in [4.78, 5) is 2.23. The Morgan fingerprint density at radius 2 is 2.00 bits per heavy atom. The van der Waals surface area contributed by atoms with E-state index in [1.807, 2.05) is 0 Å². The first-order chi connectivity index (χ1) is 8.03. The Morgan fingerprint density at radius 1 is 1.35 bits per heavy atom. The van der Waals surface area contributed by atoms with Crippen molar-refractivity contribution in [3.05, 3.63) is 30.1 Å². The molecule has 1 aliphatic heterocycles. The lowest BCUT2D eigenvalue weighted by molar-refractivity contribution is 0.226. The van der Waals surface area contributed by atoms with Gasteiger partial charge in [0.1, 0.15) is 5.82 Å². The molecule has 0 N–H and O–H groups in total. The van der Waals surface area contributed by atoms with Gasteiger partial charge in [-0.25, -0.2) is 4.39 Å². The first-order valence-corrected chi connectivity index (χ1v) is 5.93. The summed E-state index contributed by atoms with van der Waals surface area (Å²) in [5.41, 5.74) is 1.03. The van der Waals surface area contributed by atoms with Crippen LogP contribution in [0.4, 0.5) is 10.1 Å². The smallest absolute Gasteiger partial charge is 0.123 e. The molecule has 0 radical (unpaired) electrons. The van der Waals surface area contributed by atoms with Crippen LogP contribution in [0.3, 0.4) is 0 Å². The van der Waals surface area contributed by atoms with Crippen molar-refractivity contribution in [2.45, 2.75) is 20.3 Å². The van der Waals surface area contributed by atoms with Crippen LogP contribution < -0.4 is 4.90 Å². The number of nitrogens with zero attached hydrogens (tertiary/aromatic N) is 2. The molecule has 0 saturated carbocycles. The number of nitriles is 1. The van der Waals surface area contributed by atoms with Crippen LogP contribution in [-0.4, -0.2) is 13.1 Å². The molecule has 1 fully saturated rings. The SMILES string of the molecule is CC1(C)CN(c2ccc(F)cc2)CCC1C#N. The maximum absolute atomic E-state index is 12.9. The highest BCUT2D eigenvalue weighted by Gasteiger charge is 2.35. The van der Waals surface area contributed by atoms with Gasteiger partial charge in [0.05, 0.1) is 12.0 Å². The number of rotatable bonds is 1. The van der Waals surface area contributed by atoms with E-state index >= 15 is 0 Å². The molecule has 0 bridgehead atoms. The van der Waals surface area contributed by atoms with Crippen molar-refractivity contribution in [3.63, 3.8) is 0 Å². The van der Waals surface area contributed by atoms with Gasteiger partial charge in [0, 0.05) is 18.8 Å². The standard InChI is InChI=1S/C14H17FN2/c1-14(2)10-17(8-7-11(14)9-16)13-5-3-12(15)4-6-13/h3-6,11H,7-8,10H2,1-2H3. The molecule has 1 aromatic rings. The van der Waals surface area contributed by atoms with Crippen molar-refractivity contribution >= 4 is 5.69 Å². The second-order valence-electron chi connectivity index (χ2n) is 5.36. The minimum Gasteiger partial charge on any atom is -0.371 e. The van der Waals surface area contributed by atoms with Gasteiger partial charge >= 0.3 is 0 Å². The predicted molar refractivity (Wildman–Crippen MR) is 66.1 cm³/mol. The number of hydrogen-bond acceptors (Lipinski definition) is 2. The summed E-state index contributed by atoms with van der Waals surface area (Å²) in [6.45, 7) is 5.96. The van der Waals surface area contributed by atoms with E-state index in [0.29, 0.717) is 0 Å². The predicted octanol–water partition coefficient (Wildman–Crippen LogP) is 3.20. The third kappa shape index (κ3) is 2.41. The molecule has 1 heterocycles. The molecular formula is C14H17FN2. The third-order valence-electron chi connectivity index (χ3n) is 3.58. The van der Waals surface area contributed by atoms with Gasteiger partial charge in [-0.3, -0.25) is 0 Å². The van der Waals surface area contributed by atoms with E-state index in [0.717, 1.165) is 25.2 Å². The summed E-state index contributed by atoms with van der Waals surface area (Å²) in [7, 11) is 0. The second-order valence-corrected chi connectivity index (χ2v) is 5.36. The molecule has 1 atom stereocenters. The molecule has 2 nitrogen and oxygen atoms in total. The van der Waals surface area contributed by atoms with Gasteiger partial charge in [0.25, 0.3) is 0 Å². The number of anilines is 1. The molecule has 2 rings (SSSR count). The van der Waals surface area contributed by atoms with Gasteiger partial charge in [-0.15, -0.1) is 0 Å². The summed E-state index contributed by atoms with van der Waals surface area (Å²) in [6.07, 6.45) is 0.876. The fourth-order valence-electron chi connectivity index (χ4n) is 2.47.